The molecule has 0 aliphatic carbocycles. The fraction of sp³-hybridized carbons (Fsp3) is 0.385. The van der Waals surface area contributed by atoms with Gasteiger partial charge in [0.2, 0.25) is 0 Å². The number of anilines is 1. The average molecular weight is 282 g/mol. The molecule has 0 radical (unpaired) electrons. The third-order valence-corrected chi connectivity index (χ3v) is 2.45. The summed E-state index contributed by atoms with van der Waals surface area (Å²) in [6, 6.07) is 3.25. The molecule has 20 heavy (non-hydrogen) atoms. The average Bonchev–Trinajstić information content (AvgIpc) is 2.26. The number of phenols is 1. The van der Waals surface area contributed by atoms with E-state index in [1.807, 2.05) is 0 Å². The summed E-state index contributed by atoms with van der Waals surface area (Å²) in [5.41, 5.74) is -1.01. The maximum absolute atomic E-state index is 11.8. The van der Waals surface area contributed by atoms with Gasteiger partial charge in [-0.15, -0.1) is 0 Å². The number of benzene rings is 1. The van der Waals surface area contributed by atoms with Crippen LogP contribution in [0.1, 0.15) is 24.2 Å². The Labute approximate surface area is 116 Å². The van der Waals surface area contributed by atoms with E-state index in [0.29, 0.717) is 0 Å². The summed E-state index contributed by atoms with van der Waals surface area (Å²) in [4.78, 5) is 23.8. The highest BCUT2D eigenvalue weighted by Gasteiger charge is 2.19. The van der Waals surface area contributed by atoms with Gasteiger partial charge >= 0.3 is 12.0 Å². The Morgan fingerprint density at radius 2 is 1.95 bits per heavy atom. The lowest BCUT2D eigenvalue weighted by Crippen LogP contribution is -2.41. The van der Waals surface area contributed by atoms with Crippen LogP contribution in [0.3, 0.4) is 0 Å². The lowest BCUT2D eigenvalue weighted by molar-refractivity contribution is 0.0550. The van der Waals surface area contributed by atoms with Crippen LogP contribution in [-0.4, -0.2) is 51.4 Å². The maximum atomic E-state index is 11.8. The van der Waals surface area contributed by atoms with Crippen molar-refractivity contribution in [2.75, 3.05) is 18.9 Å². The summed E-state index contributed by atoms with van der Waals surface area (Å²) in [5.74, 6) is -1.68. The lowest BCUT2D eigenvalue weighted by atomic mass is 10.1. The Bertz CT molecular complexity index is 522. The second-order valence-corrected chi connectivity index (χ2v) is 5.14. The summed E-state index contributed by atoms with van der Waals surface area (Å²) >= 11 is 0. The number of carbonyl (C=O) groups is 2. The van der Waals surface area contributed by atoms with Crippen molar-refractivity contribution >= 4 is 17.7 Å². The van der Waals surface area contributed by atoms with Crippen LogP contribution in [0.2, 0.25) is 0 Å². The molecule has 7 nitrogen and oxygen atoms in total. The van der Waals surface area contributed by atoms with Crippen molar-refractivity contribution in [3.8, 4) is 5.75 Å². The number of aromatic hydroxyl groups is 1. The number of nitrogens with one attached hydrogen (secondary N) is 1. The van der Waals surface area contributed by atoms with E-state index in [4.69, 9.17) is 5.11 Å². The number of aromatic carboxylic acids is 1. The van der Waals surface area contributed by atoms with Gasteiger partial charge < -0.3 is 25.5 Å². The number of carboxylic acid groups (broad SMARTS) is 1. The van der Waals surface area contributed by atoms with Crippen molar-refractivity contribution in [2.24, 2.45) is 0 Å². The number of hydrogen-bond acceptors (Lipinski definition) is 4. The van der Waals surface area contributed by atoms with Gasteiger partial charge in [0.15, 0.2) is 0 Å². The van der Waals surface area contributed by atoms with Crippen molar-refractivity contribution in [3.63, 3.8) is 0 Å². The first-order chi connectivity index (χ1) is 9.10. The van der Waals surface area contributed by atoms with Crippen LogP contribution in [0.5, 0.6) is 5.75 Å². The molecule has 110 valence electrons. The number of rotatable bonds is 4. The Kier molecular flexibility index (Phi) is 4.57. The highest BCUT2D eigenvalue weighted by Crippen LogP contribution is 2.22. The third-order valence-electron chi connectivity index (χ3n) is 2.45. The van der Waals surface area contributed by atoms with Crippen LogP contribution in [0.25, 0.3) is 0 Å². The molecule has 0 atom stereocenters. The Balaban J connectivity index is 2.76. The third kappa shape index (κ3) is 4.43. The van der Waals surface area contributed by atoms with E-state index in [-0.39, 0.29) is 17.8 Å². The first-order valence-electron chi connectivity index (χ1n) is 5.91. The standard InChI is InChI=1S/C13H18N2O5/c1-13(2,20)7-15(3)12(19)14-8-4-5-9(11(17)18)10(16)6-8/h4-6,16,20H,7H2,1-3H3,(H,14,19)(H,17,18). The van der Waals surface area contributed by atoms with Crippen LogP contribution >= 0.6 is 0 Å². The first-order valence-corrected chi connectivity index (χ1v) is 5.91. The van der Waals surface area contributed by atoms with E-state index in [2.05, 4.69) is 5.32 Å². The van der Waals surface area contributed by atoms with E-state index in [0.717, 1.165) is 6.07 Å². The summed E-state index contributed by atoms with van der Waals surface area (Å²) < 4.78 is 0. The quantitative estimate of drug-likeness (QED) is 0.666. The number of hydrogen-bond donors (Lipinski definition) is 4. The molecule has 7 heteroatoms. The Hall–Kier alpha value is -2.28. The van der Waals surface area contributed by atoms with E-state index in [9.17, 15) is 19.8 Å². The molecule has 0 unspecified atom stereocenters. The molecule has 0 aliphatic rings. The van der Waals surface area contributed by atoms with Crippen molar-refractivity contribution < 1.29 is 24.9 Å². The second kappa shape index (κ2) is 5.79. The monoisotopic (exact) mass is 282 g/mol. The molecule has 0 aromatic heterocycles. The molecule has 0 saturated heterocycles. The summed E-state index contributed by atoms with van der Waals surface area (Å²) in [6.07, 6.45) is 0. The first kappa shape index (κ1) is 15.8. The maximum Gasteiger partial charge on any atom is 0.339 e. The fourth-order valence-electron chi connectivity index (χ4n) is 1.66. The molecule has 0 saturated carbocycles. The SMILES string of the molecule is CN(CC(C)(C)O)C(=O)Nc1ccc(C(=O)O)c(O)c1. The molecule has 0 aliphatic heterocycles. The molecule has 4 N–H and O–H groups in total. The van der Waals surface area contributed by atoms with Crippen LogP contribution < -0.4 is 5.32 Å². The van der Waals surface area contributed by atoms with Crippen LogP contribution in [-0.2, 0) is 0 Å². The van der Waals surface area contributed by atoms with Gasteiger partial charge in [-0.25, -0.2) is 9.59 Å². The minimum Gasteiger partial charge on any atom is -0.507 e. The van der Waals surface area contributed by atoms with Crippen molar-refractivity contribution in [1.82, 2.24) is 4.90 Å². The number of carbonyl (C=O) groups excluding carboxylic acids is 1. The summed E-state index contributed by atoms with van der Waals surface area (Å²) in [5, 5.41) is 30.4. The lowest BCUT2D eigenvalue weighted by Gasteiger charge is -2.25. The molecule has 2 amide bonds. The van der Waals surface area contributed by atoms with Crippen molar-refractivity contribution in [2.45, 2.75) is 19.4 Å². The molecule has 0 spiro atoms. The van der Waals surface area contributed by atoms with E-state index < -0.39 is 23.4 Å². The predicted octanol–water partition coefficient (Wildman–Crippen LogP) is 1.33. The summed E-state index contributed by atoms with van der Waals surface area (Å²) in [6.45, 7) is 3.27. The molecule has 0 fully saturated rings. The number of urea groups is 1. The number of carboxylic acids is 1. The van der Waals surface area contributed by atoms with Gasteiger partial charge in [0.05, 0.1) is 12.1 Å². The molecular weight excluding hydrogens is 264 g/mol. The highest BCUT2D eigenvalue weighted by molar-refractivity contribution is 5.93. The van der Waals surface area contributed by atoms with Gasteiger partial charge in [-0.1, -0.05) is 0 Å². The number of aliphatic hydroxyl groups is 1. The van der Waals surface area contributed by atoms with Gasteiger partial charge in [0.1, 0.15) is 11.3 Å². The van der Waals surface area contributed by atoms with Crippen molar-refractivity contribution in [1.29, 1.82) is 0 Å². The van der Waals surface area contributed by atoms with Crippen LogP contribution in [0.4, 0.5) is 10.5 Å². The number of likely N-dealkylation sites (N-methyl/N-ethyl adjacent to an activating group) is 1. The molecule has 1 rings (SSSR count). The normalized spacial score (nSPS) is 11.0. The Morgan fingerprint density at radius 3 is 2.40 bits per heavy atom. The molecular formula is C13H18N2O5. The van der Waals surface area contributed by atoms with Gasteiger partial charge in [-0.05, 0) is 26.0 Å². The molecule has 1 aromatic rings. The highest BCUT2D eigenvalue weighted by atomic mass is 16.4. The Morgan fingerprint density at radius 1 is 1.35 bits per heavy atom. The fourth-order valence-corrected chi connectivity index (χ4v) is 1.66. The zero-order valence-corrected chi connectivity index (χ0v) is 11.5. The molecule has 1 aromatic carbocycles. The van der Waals surface area contributed by atoms with Crippen LogP contribution in [0, 0.1) is 0 Å². The van der Waals surface area contributed by atoms with E-state index >= 15 is 0 Å². The minimum absolute atomic E-state index is 0.123. The van der Waals surface area contributed by atoms with Crippen LogP contribution in [0.15, 0.2) is 18.2 Å². The summed E-state index contributed by atoms with van der Waals surface area (Å²) in [7, 11) is 1.51. The minimum atomic E-state index is -1.25. The van der Waals surface area contributed by atoms with Gasteiger partial charge in [0.25, 0.3) is 0 Å². The topological polar surface area (TPSA) is 110 Å². The van der Waals surface area contributed by atoms with Gasteiger partial charge in [0, 0.05) is 18.8 Å². The number of nitrogens with zero attached hydrogens (tertiary/aromatic N) is 1. The van der Waals surface area contributed by atoms with Crippen molar-refractivity contribution in [3.05, 3.63) is 23.8 Å². The smallest absolute Gasteiger partial charge is 0.339 e. The largest absolute Gasteiger partial charge is 0.507 e. The van der Waals surface area contributed by atoms with Gasteiger partial charge in [-0.2, -0.15) is 0 Å². The predicted molar refractivity (Wildman–Crippen MR) is 73.0 cm³/mol. The van der Waals surface area contributed by atoms with E-state index in [1.165, 1.54) is 24.1 Å². The zero-order valence-electron chi connectivity index (χ0n) is 11.5. The number of amides is 2. The second-order valence-electron chi connectivity index (χ2n) is 5.14. The van der Waals surface area contributed by atoms with Gasteiger partial charge in [-0.3, -0.25) is 0 Å². The molecule has 0 heterocycles. The zero-order chi connectivity index (χ0) is 15.5. The van der Waals surface area contributed by atoms with E-state index in [1.54, 1.807) is 13.8 Å². The molecule has 0 bridgehead atoms.